The minimum absolute atomic E-state index is 0. The van der Waals surface area contributed by atoms with E-state index >= 15 is 0 Å². The average molecular weight is 602 g/mol. The van der Waals surface area contributed by atoms with Crippen LogP contribution in [0.25, 0.3) is 33.4 Å². The maximum atomic E-state index is 12.5. The first kappa shape index (κ1) is 33.9. The number of hydrogen-bond acceptors (Lipinski definition) is 6. The Labute approximate surface area is 256 Å². The molecule has 0 amide bonds. The van der Waals surface area contributed by atoms with Crippen molar-refractivity contribution in [2.45, 2.75) is 37.5 Å². The number of nitrogens with zero attached hydrogens (tertiary/aromatic N) is 2. The van der Waals surface area contributed by atoms with E-state index in [0.717, 1.165) is 49.4 Å². The molecule has 4 rings (SSSR count). The summed E-state index contributed by atoms with van der Waals surface area (Å²) in [5, 5.41) is 1.50. The monoisotopic (exact) mass is 601 g/mol. The van der Waals surface area contributed by atoms with Gasteiger partial charge in [0.15, 0.2) is 0 Å². The standard InChI is InChI=1S/C27H30N2O7S2.Na.H2O.H/c1-5-28(6-2)18-9-12-21-24(15-18)36-25-16-19(29(7-3)8-4)10-13-22(25)27(21)23-14-11-20(37(30,31)32)17-26(23)38(33,34)35;;;/h9-17H,5-8H2,1-4H3,(H-,30,31,32,33,34,35);;1H2;/p+1. The second-order valence-corrected chi connectivity index (χ2v) is 11.6. The quantitative estimate of drug-likeness (QED) is 0.135. The topological polar surface area (TPSA) is 160 Å². The Morgan fingerprint density at radius 2 is 1.43 bits per heavy atom. The van der Waals surface area contributed by atoms with Gasteiger partial charge in [0.2, 0.25) is 5.36 Å². The van der Waals surface area contributed by atoms with E-state index < -0.39 is 30.0 Å². The molecule has 212 valence electrons. The van der Waals surface area contributed by atoms with Crippen LogP contribution in [0, 0.1) is 0 Å². The number of anilines is 1. The summed E-state index contributed by atoms with van der Waals surface area (Å²) < 4.78 is 76.6. The van der Waals surface area contributed by atoms with Crippen LogP contribution in [0.15, 0.2) is 68.8 Å². The first-order valence-corrected chi connectivity index (χ1v) is 15.2. The van der Waals surface area contributed by atoms with E-state index in [1.54, 1.807) is 0 Å². The molecule has 0 spiro atoms. The molecule has 2 aliphatic rings. The Morgan fingerprint density at radius 3 is 1.98 bits per heavy atom. The summed E-state index contributed by atoms with van der Waals surface area (Å²) in [6.07, 6.45) is 0. The van der Waals surface area contributed by atoms with Crippen molar-refractivity contribution < 1.29 is 35.8 Å². The van der Waals surface area contributed by atoms with Crippen LogP contribution in [0.5, 0.6) is 0 Å². The molecule has 2 aromatic rings. The molecule has 0 aromatic heterocycles. The third-order valence-corrected chi connectivity index (χ3v) is 8.49. The summed E-state index contributed by atoms with van der Waals surface area (Å²) in [5.74, 6) is 0.494. The summed E-state index contributed by atoms with van der Waals surface area (Å²) in [6.45, 7) is 11.3. The number of benzene rings is 3. The molecule has 0 radical (unpaired) electrons. The van der Waals surface area contributed by atoms with E-state index in [4.69, 9.17) is 4.42 Å². The van der Waals surface area contributed by atoms with Crippen molar-refractivity contribution in [3.8, 4) is 22.5 Å². The molecule has 10 nitrogen and oxygen atoms in total. The van der Waals surface area contributed by atoms with Crippen LogP contribution in [0.4, 0.5) is 5.69 Å². The van der Waals surface area contributed by atoms with Crippen LogP contribution in [0.1, 0.15) is 27.7 Å². The Morgan fingerprint density at radius 1 is 0.800 bits per heavy atom. The van der Waals surface area contributed by atoms with Crippen LogP contribution in [-0.2, 0) is 20.2 Å². The van der Waals surface area contributed by atoms with Crippen LogP contribution < -0.4 is 14.8 Å². The van der Waals surface area contributed by atoms with Gasteiger partial charge in [-0.3, -0.25) is 9.11 Å². The normalized spacial score (nSPS) is 11.7. The number of hydrogen-bond donors (Lipinski definition) is 2. The van der Waals surface area contributed by atoms with Gasteiger partial charge < -0.3 is 14.8 Å². The Bertz CT molecular complexity index is 1770. The summed E-state index contributed by atoms with van der Waals surface area (Å²) in [5.41, 5.74) is 2.53. The van der Waals surface area contributed by atoms with E-state index in [1.165, 1.54) is 6.07 Å². The first-order chi connectivity index (χ1) is 17.9. The van der Waals surface area contributed by atoms with Gasteiger partial charge in [-0.15, -0.1) is 0 Å². The Hall–Kier alpha value is -2.29. The molecular formula is C27H34N2NaO8S2+. The van der Waals surface area contributed by atoms with Gasteiger partial charge in [-0.25, -0.2) is 4.58 Å². The molecule has 1 aliphatic carbocycles. The molecular weight excluding hydrogens is 567 g/mol. The van der Waals surface area contributed by atoms with Crippen molar-refractivity contribution in [3.63, 3.8) is 0 Å². The van der Waals surface area contributed by atoms with Gasteiger partial charge in [-0.2, -0.15) is 16.8 Å². The van der Waals surface area contributed by atoms with E-state index in [9.17, 15) is 25.9 Å². The van der Waals surface area contributed by atoms with Crippen molar-refractivity contribution in [2.75, 3.05) is 31.1 Å². The molecule has 1 heterocycles. The van der Waals surface area contributed by atoms with Crippen molar-refractivity contribution >= 4 is 66.5 Å². The Balaban J connectivity index is 0.00000280. The number of rotatable bonds is 8. The predicted octanol–water partition coefficient (Wildman–Crippen LogP) is 2.88. The van der Waals surface area contributed by atoms with Crippen LogP contribution in [0.2, 0.25) is 0 Å². The molecule has 1 aliphatic heterocycles. The zero-order valence-corrected chi connectivity index (χ0v) is 23.8. The van der Waals surface area contributed by atoms with E-state index in [-0.39, 0.29) is 40.6 Å². The van der Waals surface area contributed by atoms with Gasteiger partial charge in [-0.1, -0.05) is 6.07 Å². The molecule has 4 N–H and O–H groups in total. The van der Waals surface area contributed by atoms with Gasteiger partial charge in [0, 0.05) is 53.0 Å². The summed E-state index contributed by atoms with van der Waals surface area (Å²) in [6, 6.07) is 14.4. The fourth-order valence-corrected chi connectivity index (χ4v) is 6.12. The molecule has 2 aromatic carbocycles. The zero-order valence-electron chi connectivity index (χ0n) is 22.2. The van der Waals surface area contributed by atoms with Gasteiger partial charge in [0.05, 0.1) is 11.0 Å². The average Bonchev–Trinajstić information content (AvgIpc) is 2.87. The SMILES string of the molecule is CCN(CC)c1ccc2c(-c3ccc(S(=O)(=O)O)cc3S(=O)(=O)O)c3ccc(=[N+](CC)CC)cc-3oc2c1.O.[NaH]. The zero-order chi connectivity index (χ0) is 27.8. The van der Waals surface area contributed by atoms with Gasteiger partial charge in [-0.05, 0) is 58.0 Å². The maximum absolute atomic E-state index is 12.5. The number of fused-ring (bicyclic) bond motifs is 2. The molecule has 0 saturated carbocycles. The summed E-state index contributed by atoms with van der Waals surface area (Å²) in [4.78, 5) is 0.869. The Kier molecular flexibility index (Phi) is 11.1. The second-order valence-electron chi connectivity index (χ2n) is 8.79. The molecule has 0 saturated heterocycles. The molecule has 13 heteroatoms. The fourth-order valence-electron chi connectivity index (χ4n) is 4.81. The summed E-state index contributed by atoms with van der Waals surface area (Å²) >= 11 is 0. The molecule has 0 atom stereocenters. The van der Waals surface area contributed by atoms with Crippen molar-refractivity contribution in [2.24, 2.45) is 0 Å². The van der Waals surface area contributed by atoms with Gasteiger partial charge in [0.1, 0.15) is 29.3 Å². The van der Waals surface area contributed by atoms with Gasteiger partial charge >= 0.3 is 29.6 Å². The van der Waals surface area contributed by atoms with Crippen molar-refractivity contribution in [1.29, 1.82) is 0 Å². The molecule has 0 fully saturated rings. The minimum atomic E-state index is -4.88. The molecule has 40 heavy (non-hydrogen) atoms. The van der Waals surface area contributed by atoms with Crippen molar-refractivity contribution in [1.82, 2.24) is 4.58 Å². The van der Waals surface area contributed by atoms with E-state index in [0.29, 0.717) is 27.9 Å². The van der Waals surface area contributed by atoms with Crippen LogP contribution >= 0.6 is 0 Å². The van der Waals surface area contributed by atoms with Crippen LogP contribution in [-0.4, -0.2) is 87.2 Å². The second kappa shape index (κ2) is 13.1. The summed E-state index contributed by atoms with van der Waals surface area (Å²) in [7, 11) is -9.60. The first-order valence-electron chi connectivity index (χ1n) is 12.4. The van der Waals surface area contributed by atoms with Gasteiger partial charge in [0.25, 0.3) is 20.2 Å². The third-order valence-electron chi connectivity index (χ3n) is 6.74. The van der Waals surface area contributed by atoms with Crippen molar-refractivity contribution in [3.05, 3.63) is 60.0 Å². The van der Waals surface area contributed by atoms with Crippen LogP contribution in [0.3, 0.4) is 0 Å². The predicted molar refractivity (Wildman–Crippen MR) is 159 cm³/mol. The fraction of sp³-hybridized carbons (Fsp3) is 0.296. The van der Waals surface area contributed by atoms with E-state index in [1.807, 2.05) is 64.1 Å². The van der Waals surface area contributed by atoms with E-state index in [2.05, 4.69) is 9.48 Å². The third kappa shape index (κ3) is 6.60. The molecule has 0 bridgehead atoms. The molecule has 0 unspecified atom stereocenters.